The predicted octanol–water partition coefficient (Wildman–Crippen LogP) is 6.03. The van der Waals surface area contributed by atoms with E-state index in [0.29, 0.717) is 0 Å². The van der Waals surface area contributed by atoms with Crippen LogP contribution in [0.2, 0.25) is 13.1 Å². The lowest BCUT2D eigenvalue weighted by Gasteiger charge is -2.32. The lowest BCUT2D eigenvalue weighted by Crippen LogP contribution is -2.57. The SMILES string of the molecule is C[Si]1(C)c2nc3ccccc3cc2-c2nccc3c2c1cc1c2cc(F)ccc2ccc31. The van der Waals surface area contributed by atoms with Crippen molar-refractivity contribution in [1.29, 1.82) is 0 Å². The number of nitrogens with zero attached hydrogens (tertiary/aromatic N) is 2. The summed E-state index contributed by atoms with van der Waals surface area (Å²) in [6, 6.07) is 24.3. The highest BCUT2D eigenvalue weighted by Gasteiger charge is 2.38. The first kappa shape index (κ1) is 18.0. The molecule has 2 nitrogen and oxygen atoms in total. The van der Waals surface area contributed by atoms with Crippen molar-refractivity contribution in [2.75, 3.05) is 0 Å². The molecule has 0 aliphatic carbocycles. The lowest BCUT2D eigenvalue weighted by atomic mass is 9.95. The second-order valence-electron chi connectivity index (χ2n) is 9.23. The fraction of sp³-hybridized carbons (Fsp3) is 0.0714. The van der Waals surface area contributed by atoms with Crippen LogP contribution in [0.25, 0.3) is 54.5 Å². The third-order valence-corrected chi connectivity index (χ3v) is 10.4. The first-order valence-corrected chi connectivity index (χ1v) is 13.9. The van der Waals surface area contributed by atoms with Gasteiger partial charge in [-0.3, -0.25) is 9.97 Å². The molecule has 0 bridgehead atoms. The molecule has 1 aliphatic rings. The Hall–Kier alpha value is -3.63. The topological polar surface area (TPSA) is 25.8 Å². The van der Waals surface area contributed by atoms with E-state index in [1.807, 2.05) is 18.3 Å². The molecule has 0 fully saturated rings. The lowest BCUT2D eigenvalue weighted by molar-refractivity contribution is 0.630. The predicted molar refractivity (Wildman–Crippen MR) is 134 cm³/mol. The summed E-state index contributed by atoms with van der Waals surface area (Å²) in [7, 11) is -2.14. The van der Waals surface area contributed by atoms with Crippen molar-refractivity contribution in [3.05, 3.63) is 84.8 Å². The molecule has 0 atom stereocenters. The number of para-hydroxylation sites is 1. The van der Waals surface area contributed by atoms with E-state index in [4.69, 9.17) is 9.97 Å². The van der Waals surface area contributed by atoms with Gasteiger partial charge in [0.15, 0.2) is 0 Å². The first-order valence-electron chi connectivity index (χ1n) is 10.9. The molecule has 0 saturated heterocycles. The van der Waals surface area contributed by atoms with Crippen LogP contribution in [0.15, 0.2) is 79.0 Å². The molecule has 3 heterocycles. The van der Waals surface area contributed by atoms with Crippen LogP contribution in [-0.4, -0.2) is 18.0 Å². The molecule has 1 aliphatic heterocycles. The molecule has 0 spiro atoms. The maximum Gasteiger partial charge on any atom is 0.137 e. The minimum Gasteiger partial charge on any atom is -0.257 e. The quantitative estimate of drug-likeness (QED) is 0.217. The smallest absolute Gasteiger partial charge is 0.137 e. The number of fused-ring (bicyclic) bond motifs is 7. The van der Waals surface area contributed by atoms with E-state index in [2.05, 4.69) is 61.6 Å². The summed E-state index contributed by atoms with van der Waals surface area (Å²) in [4.78, 5) is 10.0. The Balaban J connectivity index is 1.71. The van der Waals surface area contributed by atoms with Crippen LogP contribution in [0, 0.1) is 5.82 Å². The van der Waals surface area contributed by atoms with E-state index < -0.39 is 8.07 Å². The molecular formula is C28H19FN2Si. The highest BCUT2D eigenvalue weighted by Crippen LogP contribution is 2.38. The van der Waals surface area contributed by atoms with Crippen LogP contribution in [-0.2, 0) is 0 Å². The monoisotopic (exact) mass is 430 g/mol. The zero-order valence-corrected chi connectivity index (χ0v) is 18.8. The zero-order valence-electron chi connectivity index (χ0n) is 17.8. The van der Waals surface area contributed by atoms with Gasteiger partial charge in [-0.1, -0.05) is 55.6 Å². The van der Waals surface area contributed by atoms with E-state index in [1.54, 1.807) is 6.07 Å². The Bertz CT molecular complexity index is 1770. The van der Waals surface area contributed by atoms with E-state index >= 15 is 0 Å². The number of benzene rings is 4. The Labute approximate surface area is 185 Å². The van der Waals surface area contributed by atoms with Crippen LogP contribution in [0.4, 0.5) is 4.39 Å². The number of aromatic nitrogens is 2. The number of pyridine rings is 2. The Morgan fingerprint density at radius 3 is 2.50 bits per heavy atom. The van der Waals surface area contributed by atoms with Gasteiger partial charge in [-0.25, -0.2) is 4.39 Å². The van der Waals surface area contributed by atoms with E-state index in [0.717, 1.165) is 43.7 Å². The molecule has 2 aromatic heterocycles. The van der Waals surface area contributed by atoms with Crippen molar-refractivity contribution in [3.8, 4) is 11.3 Å². The third kappa shape index (κ3) is 2.22. The van der Waals surface area contributed by atoms with Gasteiger partial charge in [-0.05, 0) is 62.4 Å². The average Bonchev–Trinajstić information content (AvgIpc) is 2.81. The summed E-state index contributed by atoms with van der Waals surface area (Å²) in [6.07, 6.45) is 1.90. The summed E-state index contributed by atoms with van der Waals surface area (Å²) in [5.41, 5.74) is 3.19. The normalized spacial score (nSPS) is 14.3. The summed E-state index contributed by atoms with van der Waals surface area (Å²) >= 11 is 0. The van der Waals surface area contributed by atoms with Crippen molar-refractivity contribution < 1.29 is 4.39 Å². The Kier molecular flexibility index (Phi) is 3.37. The Morgan fingerprint density at radius 2 is 1.59 bits per heavy atom. The van der Waals surface area contributed by atoms with Gasteiger partial charge in [0.05, 0.1) is 11.2 Å². The van der Waals surface area contributed by atoms with Crippen molar-refractivity contribution >= 4 is 61.8 Å². The van der Waals surface area contributed by atoms with Crippen molar-refractivity contribution in [1.82, 2.24) is 9.97 Å². The zero-order chi connectivity index (χ0) is 21.6. The average molecular weight is 431 g/mol. The van der Waals surface area contributed by atoms with Gasteiger partial charge in [0.1, 0.15) is 13.9 Å². The number of hydrogen-bond donors (Lipinski definition) is 0. The van der Waals surface area contributed by atoms with Gasteiger partial charge in [0.2, 0.25) is 0 Å². The minimum atomic E-state index is -2.14. The standard InChI is InChI=1S/C28H19FN2Si/c1-32(2)25-15-22-19(10-8-16-7-9-18(29)14-21(16)22)20-11-12-30-27(26(20)25)23-13-17-5-3-4-6-24(17)31-28(23)32/h3-15H,1-2H3. The van der Waals surface area contributed by atoms with E-state index in [9.17, 15) is 4.39 Å². The summed E-state index contributed by atoms with van der Waals surface area (Å²) in [5, 5.41) is 10.3. The van der Waals surface area contributed by atoms with Gasteiger partial charge in [0, 0.05) is 27.8 Å². The maximum absolute atomic E-state index is 14.2. The van der Waals surface area contributed by atoms with Gasteiger partial charge in [-0.2, -0.15) is 0 Å². The van der Waals surface area contributed by atoms with Crippen LogP contribution < -0.4 is 10.5 Å². The number of halogens is 1. The molecule has 0 radical (unpaired) electrons. The Morgan fingerprint density at radius 1 is 0.750 bits per heavy atom. The second-order valence-corrected chi connectivity index (χ2v) is 13.5. The van der Waals surface area contributed by atoms with Crippen LogP contribution in [0.3, 0.4) is 0 Å². The second kappa shape index (κ2) is 5.99. The van der Waals surface area contributed by atoms with E-state index in [-0.39, 0.29) is 5.82 Å². The number of rotatable bonds is 0. The van der Waals surface area contributed by atoms with Gasteiger partial charge < -0.3 is 0 Å². The van der Waals surface area contributed by atoms with Gasteiger partial charge in [-0.15, -0.1) is 0 Å². The van der Waals surface area contributed by atoms with E-state index in [1.165, 1.54) is 27.3 Å². The summed E-state index contributed by atoms with van der Waals surface area (Å²) in [5.74, 6) is -0.204. The molecule has 0 N–H and O–H groups in total. The third-order valence-electron chi connectivity index (χ3n) is 7.07. The van der Waals surface area contributed by atoms with Gasteiger partial charge >= 0.3 is 0 Å². The molecule has 4 heteroatoms. The number of hydrogen-bond acceptors (Lipinski definition) is 2. The minimum absolute atomic E-state index is 0.204. The summed E-state index contributed by atoms with van der Waals surface area (Å²) < 4.78 is 14.2. The fourth-order valence-electron chi connectivity index (χ4n) is 5.48. The maximum atomic E-state index is 14.2. The molecule has 0 unspecified atom stereocenters. The van der Waals surface area contributed by atoms with Crippen molar-refractivity contribution in [2.24, 2.45) is 0 Å². The fourth-order valence-corrected chi connectivity index (χ4v) is 8.38. The van der Waals surface area contributed by atoms with Gasteiger partial charge in [0.25, 0.3) is 0 Å². The molecule has 0 amide bonds. The molecule has 152 valence electrons. The molecule has 4 aromatic carbocycles. The summed E-state index contributed by atoms with van der Waals surface area (Å²) in [6.45, 7) is 4.74. The van der Waals surface area contributed by atoms with Crippen molar-refractivity contribution in [3.63, 3.8) is 0 Å². The molecule has 6 aromatic rings. The van der Waals surface area contributed by atoms with Crippen LogP contribution in [0.1, 0.15) is 0 Å². The molecule has 0 saturated carbocycles. The molecular weight excluding hydrogens is 411 g/mol. The highest BCUT2D eigenvalue weighted by molar-refractivity contribution is 7.03. The van der Waals surface area contributed by atoms with Crippen LogP contribution in [0.5, 0.6) is 0 Å². The van der Waals surface area contributed by atoms with Crippen molar-refractivity contribution in [2.45, 2.75) is 13.1 Å². The molecule has 32 heavy (non-hydrogen) atoms. The molecule has 7 rings (SSSR count). The highest BCUT2D eigenvalue weighted by atomic mass is 28.3. The first-order chi connectivity index (χ1) is 15.5. The largest absolute Gasteiger partial charge is 0.257 e. The van der Waals surface area contributed by atoms with Crippen LogP contribution >= 0.6 is 0 Å².